The lowest BCUT2D eigenvalue weighted by atomic mass is 9.78. The summed E-state index contributed by atoms with van der Waals surface area (Å²) >= 11 is 3.62. The van der Waals surface area contributed by atoms with Crippen LogP contribution in [0.15, 0.2) is 40.9 Å². The molecule has 230 valence electrons. The number of aryl methyl sites for hydroxylation is 1. The molecule has 43 heavy (non-hydrogen) atoms. The standard InChI is InChI=1S/C34H44BrN5O3/c1-22(24-7-10-26(11-8-24)43-31-6-4-5-29(35)23(31)2)15-16-39-17-19-40(20-18-39)25-9-12-27-30(21-25)38(3)37-33(27)28-13-14-32(41)36-34(28)42/h4-6,9,12,21-22,24,26,28H,7-8,10-11,13-20H2,1-3H3,(H,36,41,42)/t22-,24?,26?,28?/m1/s1. The molecule has 8 nitrogen and oxygen atoms in total. The Morgan fingerprint density at radius 2 is 1.81 bits per heavy atom. The molecular formula is C34H44BrN5O3. The zero-order valence-corrected chi connectivity index (χ0v) is 27.2. The highest BCUT2D eigenvalue weighted by molar-refractivity contribution is 9.10. The average molecular weight is 651 g/mol. The number of piperidine rings is 1. The summed E-state index contributed by atoms with van der Waals surface area (Å²) in [5, 5.41) is 8.17. The van der Waals surface area contributed by atoms with Crippen LogP contribution in [0.4, 0.5) is 5.69 Å². The van der Waals surface area contributed by atoms with Crippen molar-refractivity contribution in [1.29, 1.82) is 0 Å². The molecule has 0 radical (unpaired) electrons. The molecule has 1 N–H and O–H groups in total. The summed E-state index contributed by atoms with van der Waals surface area (Å²) in [5.41, 5.74) is 4.19. The van der Waals surface area contributed by atoms with E-state index in [0.29, 0.717) is 18.9 Å². The fourth-order valence-electron chi connectivity index (χ4n) is 7.20. The number of rotatable bonds is 8. The van der Waals surface area contributed by atoms with Crippen molar-refractivity contribution in [2.75, 3.05) is 37.6 Å². The molecule has 1 saturated carbocycles. The van der Waals surface area contributed by atoms with E-state index in [2.05, 4.69) is 81.3 Å². The van der Waals surface area contributed by atoms with E-state index >= 15 is 0 Å². The molecule has 3 fully saturated rings. The third-order valence-corrected chi connectivity index (χ3v) is 11.0. The van der Waals surface area contributed by atoms with E-state index in [1.807, 2.05) is 11.7 Å². The Hall–Kier alpha value is -2.91. The van der Waals surface area contributed by atoms with Gasteiger partial charge in [-0.15, -0.1) is 0 Å². The minimum Gasteiger partial charge on any atom is -0.490 e. The maximum Gasteiger partial charge on any atom is 0.235 e. The van der Waals surface area contributed by atoms with Gasteiger partial charge in [-0.3, -0.25) is 24.5 Å². The summed E-state index contributed by atoms with van der Waals surface area (Å²) in [6.07, 6.45) is 7.28. The Balaban J connectivity index is 0.967. The molecule has 1 unspecified atom stereocenters. The summed E-state index contributed by atoms with van der Waals surface area (Å²) in [7, 11) is 1.93. The third kappa shape index (κ3) is 6.63. The molecule has 2 amide bonds. The van der Waals surface area contributed by atoms with Crippen LogP contribution in [-0.2, 0) is 16.6 Å². The number of anilines is 1. The number of fused-ring (bicyclic) bond motifs is 1. The van der Waals surface area contributed by atoms with E-state index in [1.54, 1.807) is 0 Å². The van der Waals surface area contributed by atoms with Crippen LogP contribution in [0.2, 0.25) is 0 Å². The van der Waals surface area contributed by atoms with Gasteiger partial charge in [0.05, 0.1) is 23.2 Å². The zero-order chi connectivity index (χ0) is 30.1. The highest BCUT2D eigenvalue weighted by Crippen LogP contribution is 2.36. The van der Waals surface area contributed by atoms with Gasteiger partial charge in [0.2, 0.25) is 11.8 Å². The largest absolute Gasteiger partial charge is 0.490 e. The molecule has 6 rings (SSSR count). The van der Waals surface area contributed by atoms with Crippen LogP contribution in [0.1, 0.15) is 69.0 Å². The summed E-state index contributed by atoms with van der Waals surface area (Å²) in [4.78, 5) is 29.2. The fraction of sp³-hybridized carbons (Fsp3) is 0.559. The number of hydrogen-bond acceptors (Lipinski definition) is 6. The van der Waals surface area contributed by atoms with Crippen LogP contribution in [0.3, 0.4) is 0 Å². The number of hydrogen-bond donors (Lipinski definition) is 1. The summed E-state index contributed by atoms with van der Waals surface area (Å²) in [5.74, 6) is 1.74. The molecule has 1 aliphatic carbocycles. The number of aromatic nitrogens is 2. The van der Waals surface area contributed by atoms with Gasteiger partial charge in [0, 0.05) is 60.8 Å². The Labute approximate surface area is 263 Å². The first-order valence-corrected chi connectivity index (χ1v) is 16.8. The average Bonchev–Trinajstić information content (AvgIpc) is 3.34. The Morgan fingerprint density at radius 3 is 2.56 bits per heavy atom. The maximum atomic E-state index is 12.5. The maximum absolute atomic E-state index is 12.5. The molecule has 3 aromatic rings. The molecule has 2 aliphatic heterocycles. The third-order valence-electron chi connectivity index (χ3n) is 10.1. The predicted molar refractivity (Wildman–Crippen MR) is 174 cm³/mol. The van der Waals surface area contributed by atoms with Crippen molar-refractivity contribution in [3.8, 4) is 5.75 Å². The van der Waals surface area contributed by atoms with Crippen LogP contribution in [0.5, 0.6) is 5.75 Å². The first-order chi connectivity index (χ1) is 20.8. The zero-order valence-electron chi connectivity index (χ0n) is 25.7. The Kier molecular flexibility index (Phi) is 9.10. The van der Waals surface area contributed by atoms with Crippen molar-refractivity contribution in [3.05, 3.63) is 52.1 Å². The van der Waals surface area contributed by atoms with Crippen LogP contribution in [0, 0.1) is 18.8 Å². The van der Waals surface area contributed by atoms with E-state index in [0.717, 1.165) is 77.7 Å². The molecule has 9 heteroatoms. The Morgan fingerprint density at radius 1 is 1.05 bits per heavy atom. The number of halogens is 1. The van der Waals surface area contributed by atoms with Gasteiger partial charge < -0.3 is 9.64 Å². The number of benzene rings is 2. The highest BCUT2D eigenvalue weighted by Gasteiger charge is 2.32. The Bertz CT molecular complexity index is 1470. The second-order valence-corrected chi connectivity index (χ2v) is 13.7. The minimum atomic E-state index is -0.372. The van der Waals surface area contributed by atoms with Crippen LogP contribution < -0.4 is 15.0 Å². The number of nitrogens with one attached hydrogen (secondary N) is 1. The van der Waals surface area contributed by atoms with E-state index in [4.69, 9.17) is 9.84 Å². The minimum absolute atomic E-state index is 0.196. The first-order valence-electron chi connectivity index (χ1n) is 16.0. The van der Waals surface area contributed by atoms with Gasteiger partial charge in [0.1, 0.15) is 5.75 Å². The first kappa shape index (κ1) is 30.1. The molecule has 2 saturated heterocycles. The SMILES string of the molecule is Cc1c(Br)cccc1OC1CCC([C@H](C)CCN2CCN(c3ccc4c(C5CCC(=O)NC5=O)nn(C)c4c3)CC2)CC1. The number of nitrogens with zero attached hydrogens (tertiary/aromatic N) is 4. The van der Waals surface area contributed by atoms with E-state index in [9.17, 15) is 9.59 Å². The van der Waals surface area contributed by atoms with Crippen molar-refractivity contribution in [3.63, 3.8) is 0 Å². The lowest BCUT2D eigenvalue weighted by Gasteiger charge is -2.37. The number of amides is 2. The fourth-order valence-corrected chi connectivity index (χ4v) is 7.55. The van der Waals surface area contributed by atoms with E-state index in [1.165, 1.54) is 37.1 Å². The van der Waals surface area contributed by atoms with Gasteiger partial charge in [-0.25, -0.2) is 0 Å². The molecule has 3 aliphatic rings. The van der Waals surface area contributed by atoms with Gasteiger partial charge in [-0.05, 0) is 94.2 Å². The summed E-state index contributed by atoms with van der Waals surface area (Å²) in [6, 6.07) is 12.7. The molecular weight excluding hydrogens is 606 g/mol. The smallest absolute Gasteiger partial charge is 0.235 e. The van der Waals surface area contributed by atoms with Gasteiger partial charge >= 0.3 is 0 Å². The molecule has 0 spiro atoms. The lowest BCUT2D eigenvalue weighted by Crippen LogP contribution is -2.47. The summed E-state index contributed by atoms with van der Waals surface area (Å²) < 4.78 is 9.37. The van der Waals surface area contributed by atoms with Crippen molar-refractivity contribution < 1.29 is 14.3 Å². The van der Waals surface area contributed by atoms with Crippen molar-refractivity contribution >= 4 is 44.3 Å². The molecule has 1 aromatic heterocycles. The molecule has 0 bridgehead atoms. The topological polar surface area (TPSA) is 79.7 Å². The van der Waals surface area contributed by atoms with Gasteiger partial charge in [-0.1, -0.05) is 28.9 Å². The number of imide groups is 1. The van der Waals surface area contributed by atoms with E-state index in [-0.39, 0.29) is 17.7 Å². The number of carbonyl (C=O) groups is 2. The van der Waals surface area contributed by atoms with Gasteiger partial charge in [0.15, 0.2) is 0 Å². The van der Waals surface area contributed by atoms with Gasteiger partial charge in [0.25, 0.3) is 0 Å². The lowest BCUT2D eigenvalue weighted by molar-refractivity contribution is -0.134. The van der Waals surface area contributed by atoms with Crippen molar-refractivity contribution in [1.82, 2.24) is 20.0 Å². The van der Waals surface area contributed by atoms with Crippen LogP contribution >= 0.6 is 15.9 Å². The quantitative estimate of drug-likeness (QED) is 0.304. The summed E-state index contributed by atoms with van der Waals surface area (Å²) in [6.45, 7) is 9.90. The monoisotopic (exact) mass is 649 g/mol. The molecule has 3 heterocycles. The number of piperazine rings is 1. The predicted octanol–water partition coefficient (Wildman–Crippen LogP) is 5.95. The number of ether oxygens (including phenoxy) is 1. The van der Waals surface area contributed by atoms with Gasteiger partial charge in [-0.2, -0.15) is 5.10 Å². The molecule has 2 aromatic carbocycles. The second kappa shape index (κ2) is 13.0. The molecule has 2 atom stereocenters. The normalized spacial score (nSPS) is 24.3. The highest BCUT2D eigenvalue weighted by atomic mass is 79.9. The van der Waals surface area contributed by atoms with E-state index < -0.39 is 0 Å². The second-order valence-electron chi connectivity index (χ2n) is 12.8. The van der Waals surface area contributed by atoms with Crippen molar-refractivity contribution in [2.24, 2.45) is 18.9 Å². The van der Waals surface area contributed by atoms with Crippen LogP contribution in [0.25, 0.3) is 10.9 Å². The van der Waals surface area contributed by atoms with Crippen molar-refractivity contribution in [2.45, 2.75) is 70.8 Å². The van der Waals surface area contributed by atoms with Crippen LogP contribution in [-0.4, -0.2) is 65.3 Å². The number of carbonyl (C=O) groups excluding carboxylic acids is 2.